The van der Waals surface area contributed by atoms with Crippen LogP contribution in [0.25, 0.3) is 0 Å². The number of pyridine rings is 1. The van der Waals surface area contributed by atoms with Crippen LogP contribution in [0.3, 0.4) is 0 Å². The first-order chi connectivity index (χ1) is 8.55. The maximum atomic E-state index is 12.3. The van der Waals surface area contributed by atoms with Crippen molar-refractivity contribution in [2.45, 2.75) is 31.5 Å². The Hall–Kier alpha value is -1.30. The quantitative estimate of drug-likeness (QED) is 0.903. The molecule has 18 heavy (non-hydrogen) atoms. The van der Waals surface area contributed by atoms with Gasteiger partial charge in [-0.15, -0.1) is 0 Å². The molecule has 1 saturated heterocycles. The third-order valence-electron chi connectivity index (χ3n) is 2.89. The number of alkyl halides is 3. The van der Waals surface area contributed by atoms with Gasteiger partial charge < -0.3 is 10.1 Å². The summed E-state index contributed by atoms with van der Waals surface area (Å²) < 4.78 is 42.3. The van der Waals surface area contributed by atoms with Gasteiger partial charge in [0.1, 0.15) is 5.82 Å². The van der Waals surface area contributed by atoms with Crippen LogP contribution < -0.4 is 5.32 Å². The molecular formula is C12H15F3N2O. The number of anilines is 1. The Kier molecular flexibility index (Phi) is 4.06. The Morgan fingerprint density at radius 2 is 2.22 bits per heavy atom. The van der Waals surface area contributed by atoms with E-state index in [-0.39, 0.29) is 6.10 Å². The molecule has 1 unspecified atom stereocenters. The lowest BCUT2D eigenvalue weighted by molar-refractivity contribution is -0.137. The van der Waals surface area contributed by atoms with Crippen molar-refractivity contribution >= 4 is 5.82 Å². The average Bonchev–Trinajstić information content (AvgIpc) is 2.82. The smallest absolute Gasteiger partial charge is 0.378 e. The fourth-order valence-corrected chi connectivity index (χ4v) is 1.90. The van der Waals surface area contributed by atoms with Crippen LogP contribution in [0.15, 0.2) is 18.3 Å². The molecule has 100 valence electrons. The average molecular weight is 260 g/mol. The van der Waals surface area contributed by atoms with E-state index in [1.54, 1.807) is 0 Å². The molecule has 0 bridgehead atoms. The number of hydrogen-bond acceptors (Lipinski definition) is 3. The van der Waals surface area contributed by atoms with Crippen molar-refractivity contribution < 1.29 is 17.9 Å². The molecule has 0 radical (unpaired) electrons. The number of rotatable bonds is 4. The van der Waals surface area contributed by atoms with Gasteiger partial charge in [-0.05, 0) is 31.4 Å². The van der Waals surface area contributed by atoms with Gasteiger partial charge >= 0.3 is 6.18 Å². The minimum Gasteiger partial charge on any atom is -0.378 e. The summed E-state index contributed by atoms with van der Waals surface area (Å²) in [5.41, 5.74) is -0.729. The van der Waals surface area contributed by atoms with Gasteiger partial charge in [0.15, 0.2) is 0 Å². The first kappa shape index (κ1) is 13.1. The van der Waals surface area contributed by atoms with Gasteiger partial charge in [-0.1, -0.05) is 0 Å². The van der Waals surface area contributed by atoms with Crippen molar-refractivity contribution in [1.82, 2.24) is 4.98 Å². The number of ether oxygens (including phenoxy) is 1. The largest absolute Gasteiger partial charge is 0.417 e. The molecule has 1 aliphatic heterocycles. The van der Waals surface area contributed by atoms with E-state index in [1.807, 2.05) is 0 Å². The van der Waals surface area contributed by atoms with Crippen molar-refractivity contribution in [3.63, 3.8) is 0 Å². The van der Waals surface area contributed by atoms with Gasteiger partial charge in [-0.2, -0.15) is 13.2 Å². The summed E-state index contributed by atoms with van der Waals surface area (Å²) in [6, 6.07) is 2.37. The molecule has 6 heteroatoms. The highest BCUT2D eigenvalue weighted by Crippen LogP contribution is 2.28. The van der Waals surface area contributed by atoms with E-state index in [4.69, 9.17) is 4.74 Å². The zero-order valence-electron chi connectivity index (χ0n) is 9.83. The maximum Gasteiger partial charge on any atom is 0.417 e. The zero-order chi connectivity index (χ0) is 13.0. The van der Waals surface area contributed by atoms with E-state index in [1.165, 1.54) is 6.07 Å². The first-order valence-electron chi connectivity index (χ1n) is 5.94. The molecule has 1 N–H and O–H groups in total. The topological polar surface area (TPSA) is 34.1 Å². The summed E-state index contributed by atoms with van der Waals surface area (Å²) in [5, 5.41) is 2.99. The van der Waals surface area contributed by atoms with Crippen molar-refractivity contribution in [3.8, 4) is 0 Å². The van der Waals surface area contributed by atoms with Gasteiger partial charge in [-0.3, -0.25) is 0 Å². The molecule has 0 saturated carbocycles. The number of aromatic nitrogens is 1. The summed E-state index contributed by atoms with van der Waals surface area (Å²) in [6.45, 7) is 1.46. The Balaban J connectivity index is 1.79. The highest BCUT2D eigenvalue weighted by molar-refractivity contribution is 5.36. The SMILES string of the molecule is FC(F)(F)c1ccc(NCCC2CCCO2)nc1. The van der Waals surface area contributed by atoms with Crippen LogP contribution in [0.5, 0.6) is 0 Å². The van der Waals surface area contributed by atoms with Crippen LogP contribution in [0.4, 0.5) is 19.0 Å². The standard InChI is InChI=1S/C12H15F3N2O/c13-12(14,15)9-3-4-11(17-8-9)16-6-5-10-2-1-7-18-10/h3-4,8,10H,1-2,5-7H2,(H,16,17). The molecule has 0 spiro atoms. The molecule has 1 aliphatic rings. The fraction of sp³-hybridized carbons (Fsp3) is 0.583. The molecule has 1 fully saturated rings. The minimum atomic E-state index is -4.33. The van der Waals surface area contributed by atoms with Crippen LogP contribution in [0.2, 0.25) is 0 Å². The highest BCUT2D eigenvalue weighted by Gasteiger charge is 2.30. The van der Waals surface area contributed by atoms with Gasteiger partial charge in [0.25, 0.3) is 0 Å². The predicted octanol–water partition coefficient (Wildman–Crippen LogP) is 3.08. The maximum absolute atomic E-state index is 12.3. The molecule has 2 rings (SSSR count). The summed E-state index contributed by atoms with van der Waals surface area (Å²) >= 11 is 0. The van der Waals surface area contributed by atoms with Crippen molar-refractivity contribution in [2.75, 3.05) is 18.5 Å². The van der Waals surface area contributed by atoms with Crippen LogP contribution >= 0.6 is 0 Å². The molecule has 1 atom stereocenters. The number of halogens is 3. The number of hydrogen-bond donors (Lipinski definition) is 1. The lowest BCUT2D eigenvalue weighted by atomic mass is 10.2. The number of nitrogens with zero attached hydrogens (tertiary/aromatic N) is 1. The van der Waals surface area contributed by atoms with E-state index in [9.17, 15) is 13.2 Å². The summed E-state index contributed by atoms with van der Waals surface area (Å²) in [6.07, 6.45) is -0.224. The Bertz CT molecular complexity index is 372. The zero-order valence-corrected chi connectivity index (χ0v) is 9.83. The third kappa shape index (κ3) is 3.60. The molecule has 0 aromatic carbocycles. The Morgan fingerprint density at radius 1 is 1.39 bits per heavy atom. The minimum absolute atomic E-state index is 0.270. The Labute approximate surface area is 103 Å². The molecule has 1 aromatic heterocycles. The van der Waals surface area contributed by atoms with Gasteiger partial charge in [0.05, 0.1) is 11.7 Å². The fourth-order valence-electron chi connectivity index (χ4n) is 1.90. The Morgan fingerprint density at radius 3 is 2.78 bits per heavy atom. The molecule has 2 heterocycles. The van der Waals surface area contributed by atoms with Crippen molar-refractivity contribution in [1.29, 1.82) is 0 Å². The van der Waals surface area contributed by atoms with Gasteiger partial charge in [0, 0.05) is 19.3 Å². The van der Waals surface area contributed by atoms with Crippen LogP contribution in [-0.4, -0.2) is 24.2 Å². The first-order valence-corrected chi connectivity index (χ1v) is 5.94. The van der Waals surface area contributed by atoms with E-state index in [0.29, 0.717) is 12.4 Å². The van der Waals surface area contributed by atoms with Crippen molar-refractivity contribution in [3.05, 3.63) is 23.9 Å². The lowest BCUT2D eigenvalue weighted by Gasteiger charge is -2.11. The van der Waals surface area contributed by atoms with Crippen LogP contribution in [-0.2, 0) is 10.9 Å². The normalized spacial score (nSPS) is 20.1. The molecular weight excluding hydrogens is 245 g/mol. The van der Waals surface area contributed by atoms with E-state index < -0.39 is 11.7 Å². The summed E-state index contributed by atoms with van der Waals surface area (Å²) in [4.78, 5) is 3.74. The highest BCUT2D eigenvalue weighted by atomic mass is 19.4. The molecule has 0 amide bonds. The van der Waals surface area contributed by atoms with Crippen molar-refractivity contribution in [2.24, 2.45) is 0 Å². The summed E-state index contributed by atoms with van der Waals surface area (Å²) in [5.74, 6) is 0.459. The molecule has 0 aliphatic carbocycles. The number of nitrogens with one attached hydrogen (secondary N) is 1. The van der Waals surface area contributed by atoms with Crippen LogP contribution in [0, 0.1) is 0 Å². The van der Waals surface area contributed by atoms with Crippen LogP contribution in [0.1, 0.15) is 24.8 Å². The summed E-state index contributed by atoms with van der Waals surface area (Å²) in [7, 11) is 0. The second kappa shape index (κ2) is 5.56. The second-order valence-corrected chi connectivity index (χ2v) is 4.28. The second-order valence-electron chi connectivity index (χ2n) is 4.28. The predicted molar refractivity (Wildman–Crippen MR) is 61.3 cm³/mol. The van der Waals surface area contributed by atoms with Gasteiger partial charge in [0.2, 0.25) is 0 Å². The molecule has 3 nitrogen and oxygen atoms in total. The third-order valence-corrected chi connectivity index (χ3v) is 2.89. The van der Waals surface area contributed by atoms with E-state index in [0.717, 1.165) is 38.1 Å². The van der Waals surface area contributed by atoms with Gasteiger partial charge in [-0.25, -0.2) is 4.98 Å². The van der Waals surface area contributed by atoms with E-state index in [2.05, 4.69) is 10.3 Å². The monoisotopic (exact) mass is 260 g/mol. The lowest BCUT2D eigenvalue weighted by Crippen LogP contribution is -2.13. The molecule has 1 aromatic rings. The van der Waals surface area contributed by atoms with E-state index >= 15 is 0 Å².